The molecule has 0 atom stereocenters. The largest absolute Gasteiger partial charge is 0.382 e. The number of likely N-dealkylation sites (N-methyl/N-ethyl adjacent to an activating group) is 1. The van der Waals surface area contributed by atoms with E-state index in [9.17, 15) is 0 Å². The summed E-state index contributed by atoms with van der Waals surface area (Å²) in [5.41, 5.74) is 4.92. The van der Waals surface area contributed by atoms with Gasteiger partial charge in [-0.25, -0.2) is 0 Å². The van der Waals surface area contributed by atoms with E-state index < -0.39 is 0 Å². The van der Waals surface area contributed by atoms with Crippen LogP contribution in [0, 0.1) is 0 Å². The molecule has 0 saturated carbocycles. The van der Waals surface area contributed by atoms with Gasteiger partial charge in [-0.3, -0.25) is 0 Å². The first kappa shape index (κ1) is 19.2. The SMILES string of the molecule is CNCCNc1cc(Nc2ccc(Cl)c(Cl)c2)cc2c1[nH]c1ccc(Cl)cc12. The second-order valence-corrected chi connectivity index (χ2v) is 7.80. The number of fused-ring (bicyclic) bond motifs is 3. The Morgan fingerprint density at radius 3 is 2.46 bits per heavy atom. The van der Waals surface area contributed by atoms with Crippen molar-refractivity contribution in [3.8, 4) is 0 Å². The minimum atomic E-state index is 0.513. The first-order valence-corrected chi connectivity index (χ1v) is 10.0. The Morgan fingerprint density at radius 2 is 1.68 bits per heavy atom. The van der Waals surface area contributed by atoms with E-state index in [0.29, 0.717) is 15.1 Å². The van der Waals surface area contributed by atoms with E-state index in [-0.39, 0.29) is 0 Å². The quantitative estimate of drug-likeness (QED) is 0.257. The maximum absolute atomic E-state index is 6.24. The molecule has 0 unspecified atom stereocenters. The zero-order valence-electron chi connectivity index (χ0n) is 15.2. The number of H-pyrrole nitrogens is 1. The average molecular weight is 434 g/mol. The molecule has 0 spiro atoms. The number of halogens is 3. The van der Waals surface area contributed by atoms with Crippen molar-refractivity contribution in [2.45, 2.75) is 0 Å². The van der Waals surface area contributed by atoms with Gasteiger partial charge in [-0.1, -0.05) is 34.8 Å². The molecule has 28 heavy (non-hydrogen) atoms. The highest BCUT2D eigenvalue weighted by Gasteiger charge is 2.11. The first-order valence-electron chi connectivity index (χ1n) is 8.90. The molecule has 0 saturated heterocycles. The number of benzene rings is 3. The van der Waals surface area contributed by atoms with Crippen LogP contribution in [0.4, 0.5) is 17.1 Å². The Labute approximate surface area is 178 Å². The van der Waals surface area contributed by atoms with E-state index in [2.05, 4.69) is 33.1 Å². The van der Waals surface area contributed by atoms with Gasteiger partial charge < -0.3 is 20.9 Å². The number of aromatic amines is 1. The molecule has 144 valence electrons. The van der Waals surface area contributed by atoms with E-state index in [4.69, 9.17) is 34.8 Å². The maximum atomic E-state index is 6.24. The van der Waals surface area contributed by atoms with E-state index in [0.717, 1.165) is 52.0 Å². The van der Waals surface area contributed by atoms with Crippen molar-refractivity contribution in [2.24, 2.45) is 0 Å². The van der Waals surface area contributed by atoms with Gasteiger partial charge in [-0.2, -0.15) is 0 Å². The lowest BCUT2D eigenvalue weighted by Gasteiger charge is -2.13. The summed E-state index contributed by atoms with van der Waals surface area (Å²) >= 11 is 18.4. The van der Waals surface area contributed by atoms with Crippen LogP contribution >= 0.6 is 34.8 Å². The Hall–Kier alpha value is -2.11. The second-order valence-electron chi connectivity index (χ2n) is 6.55. The predicted octanol–water partition coefficient (Wildman–Crippen LogP) is 6.66. The minimum Gasteiger partial charge on any atom is -0.382 e. The summed E-state index contributed by atoms with van der Waals surface area (Å²) in [5, 5.41) is 14.0. The predicted molar refractivity (Wildman–Crippen MR) is 123 cm³/mol. The van der Waals surface area contributed by atoms with Gasteiger partial charge >= 0.3 is 0 Å². The third-order valence-corrected chi connectivity index (χ3v) is 5.54. The Morgan fingerprint density at radius 1 is 0.821 bits per heavy atom. The zero-order valence-corrected chi connectivity index (χ0v) is 17.4. The van der Waals surface area contributed by atoms with Crippen molar-refractivity contribution in [1.82, 2.24) is 10.3 Å². The van der Waals surface area contributed by atoms with Gasteiger partial charge in [0.1, 0.15) is 0 Å². The van der Waals surface area contributed by atoms with Gasteiger partial charge in [0, 0.05) is 45.8 Å². The molecule has 0 bridgehead atoms. The lowest BCUT2D eigenvalue weighted by Crippen LogP contribution is -2.17. The van der Waals surface area contributed by atoms with Crippen LogP contribution in [0.25, 0.3) is 21.8 Å². The van der Waals surface area contributed by atoms with Gasteiger partial charge in [0.25, 0.3) is 0 Å². The summed E-state index contributed by atoms with van der Waals surface area (Å²) in [4.78, 5) is 3.50. The Kier molecular flexibility index (Phi) is 5.56. The number of rotatable bonds is 6. The fourth-order valence-corrected chi connectivity index (χ4v) is 3.72. The van der Waals surface area contributed by atoms with Crippen molar-refractivity contribution in [3.63, 3.8) is 0 Å². The maximum Gasteiger partial charge on any atom is 0.0702 e. The van der Waals surface area contributed by atoms with Gasteiger partial charge in [0.15, 0.2) is 0 Å². The molecule has 0 amide bonds. The third-order valence-electron chi connectivity index (χ3n) is 4.57. The van der Waals surface area contributed by atoms with E-state index in [1.54, 1.807) is 6.07 Å². The summed E-state index contributed by atoms with van der Waals surface area (Å²) in [5.74, 6) is 0. The van der Waals surface area contributed by atoms with Crippen LogP contribution in [0.1, 0.15) is 0 Å². The molecule has 4 nitrogen and oxygen atoms in total. The number of hydrogen-bond acceptors (Lipinski definition) is 3. The highest BCUT2D eigenvalue weighted by molar-refractivity contribution is 6.42. The lowest BCUT2D eigenvalue weighted by molar-refractivity contribution is 0.824. The number of anilines is 3. The average Bonchev–Trinajstić information content (AvgIpc) is 3.03. The fourth-order valence-electron chi connectivity index (χ4n) is 3.25. The molecule has 0 aliphatic heterocycles. The summed E-state index contributed by atoms with van der Waals surface area (Å²) in [6, 6.07) is 15.6. The molecular weight excluding hydrogens is 415 g/mol. The third kappa shape index (κ3) is 3.87. The summed E-state index contributed by atoms with van der Waals surface area (Å²) < 4.78 is 0. The van der Waals surface area contributed by atoms with Gasteiger partial charge in [-0.15, -0.1) is 0 Å². The molecule has 0 aliphatic carbocycles. The molecule has 1 aromatic heterocycles. The normalized spacial score (nSPS) is 11.3. The van der Waals surface area contributed by atoms with Crippen LogP contribution in [0.5, 0.6) is 0 Å². The van der Waals surface area contributed by atoms with Crippen molar-refractivity contribution >= 4 is 73.7 Å². The van der Waals surface area contributed by atoms with Crippen LogP contribution < -0.4 is 16.0 Å². The Bertz CT molecular complexity index is 1150. The molecule has 3 aromatic carbocycles. The molecule has 4 aromatic rings. The van der Waals surface area contributed by atoms with E-state index >= 15 is 0 Å². The standard InChI is InChI=1S/C21H19Cl3N4/c1-25-6-7-26-20-11-14(27-13-3-4-17(23)18(24)10-13)9-16-15-8-12(22)2-5-19(15)28-21(16)20/h2-5,8-11,25-28H,6-7H2,1H3. The molecular formula is C21H19Cl3N4. The van der Waals surface area contributed by atoms with E-state index in [1.807, 2.05) is 37.4 Å². The molecule has 7 heteroatoms. The second kappa shape index (κ2) is 8.10. The fraction of sp³-hybridized carbons (Fsp3) is 0.143. The van der Waals surface area contributed by atoms with Crippen molar-refractivity contribution in [2.75, 3.05) is 30.8 Å². The number of nitrogens with one attached hydrogen (secondary N) is 4. The summed E-state index contributed by atoms with van der Waals surface area (Å²) in [7, 11) is 1.93. The minimum absolute atomic E-state index is 0.513. The van der Waals surface area contributed by atoms with Crippen LogP contribution in [0.3, 0.4) is 0 Å². The first-order chi connectivity index (χ1) is 13.5. The topological polar surface area (TPSA) is 51.9 Å². The van der Waals surface area contributed by atoms with Crippen LogP contribution in [0.15, 0.2) is 48.5 Å². The number of aromatic nitrogens is 1. The molecule has 0 radical (unpaired) electrons. The zero-order chi connectivity index (χ0) is 19.7. The summed E-state index contributed by atoms with van der Waals surface area (Å²) in [6.45, 7) is 1.66. The summed E-state index contributed by atoms with van der Waals surface area (Å²) in [6.07, 6.45) is 0. The highest BCUT2D eigenvalue weighted by atomic mass is 35.5. The molecule has 4 rings (SSSR count). The Balaban J connectivity index is 1.81. The van der Waals surface area contributed by atoms with Crippen molar-refractivity contribution in [1.29, 1.82) is 0 Å². The molecule has 4 N–H and O–H groups in total. The number of hydrogen-bond donors (Lipinski definition) is 4. The lowest BCUT2D eigenvalue weighted by atomic mass is 10.1. The molecule has 1 heterocycles. The van der Waals surface area contributed by atoms with Crippen molar-refractivity contribution in [3.05, 3.63) is 63.6 Å². The van der Waals surface area contributed by atoms with Crippen LogP contribution in [-0.4, -0.2) is 25.1 Å². The van der Waals surface area contributed by atoms with Crippen molar-refractivity contribution < 1.29 is 0 Å². The van der Waals surface area contributed by atoms with Gasteiger partial charge in [-0.05, 0) is 55.6 Å². The monoisotopic (exact) mass is 432 g/mol. The molecule has 0 aliphatic rings. The van der Waals surface area contributed by atoms with E-state index in [1.165, 1.54) is 0 Å². The van der Waals surface area contributed by atoms with Gasteiger partial charge in [0.05, 0.1) is 21.2 Å². The molecule has 0 fully saturated rings. The van der Waals surface area contributed by atoms with Crippen LogP contribution in [-0.2, 0) is 0 Å². The smallest absolute Gasteiger partial charge is 0.0702 e. The highest BCUT2D eigenvalue weighted by Crippen LogP contribution is 2.36. The van der Waals surface area contributed by atoms with Gasteiger partial charge in [0.2, 0.25) is 0 Å². The van der Waals surface area contributed by atoms with Crippen LogP contribution in [0.2, 0.25) is 15.1 Å².